The number of thiophene rings is 1. The van der Waals surface area contributed by atoms with Gasteiger partial charge in [0.1, 0.15) is 22.3 Å². The van der Waals surface area contributed by atoms with Gasteiger partial charge in [0, 0.05) is 37.8 Å². The molecule has 0 aliphatic heterocycles. The Morgan fingerprint density at radius 2 is 1.65 bits per heavy atom. The van der Waals surface area contributed by atoms with Crippen LogP contribution in [0.25, 0.3) is 10.9 Å². The molecule has 256 valence electrons. The van der Waals surface area contributed by atoms with E-state index in [1.165, 1.54) is 11.3 Å². The highest BCUT2D eigenvalue weighted by molar-refractivity contribution is 7.12. The molecule has 0 radical (unpaired) electrons. The summed E-state index contributed by atoms with van der Waals surface area (Å²) < 4.78 is 17.7. The van der Waals surface area contributed by atoms with Gasteiger partial charge in [0.05, 0.1) is 23.4 Å². The SMILES string of the molecule is CCNC(=O)Nc1ccsc1C(=O)N[C@@H](Cc1ccc(OC(C)(C)C)cc1)C(=O)N(CC(OCC)OCC)c1cccc2cccnc12. The molecule has 0 bridgehead atoms. The zero-order valence-electron chi connectivity index (χ0n) is 28.4. The summed E-state index contributed by atoms with van der Waals surface area (Å²) in [6, 6.07) is 17.1. The molecule has 2 heterocycles. The monoisotopic (exact) mass is 675 g/mol. The van der Waals surface area contributed by atoms with Gasteiger partial charge in [-0.1, -0.05) is 30.3 Å². The van der Waals surface area contributed by atoms with E-state index in [2.05, 4.69) is 20.9 Å². The molecular formula is C36H45N5O6S. The summed E-state index contributed by atoms with van der Waals surface area (Å²) in [6.07, 6.45) is 1.13. The first-order chi connectivity index (χ1) is 23.0. The predicted molar refractivity (Wildman–Crippen MR) is 190 cm³/mol. The lowest BCUT2D eigenvalue weighted by molar-refractivity contribution is -0.136. The molecule has 1 atom stereocenters. The first-order valence-electron chi connectivity index (χ1n) is 16.1. The van der Waals surface area contributed by atoms with Crippen molar-refractivity contribution in [3.8, 4) is 5.75 Å². The molecule has 11 nitrogen and oxygen atoms in total. The van der Waals surface area contributed by atoms with Crippen LogP contribution in [-0.4, -0.2) is 67.1 Å². The Hall–Kier alpha value is -4.52. The van der Waals surface area contributed by atoms with E-state index in [9.17, 15) is 14.4 Å². The molecule has 4 aromatic rings. The number of nitrogens with zero attached hydrogens (tertiary/aromatic N) is 2. The van der Waals surface area contributed by atoms with Crippen LogP contribution < -0.4 is 25.6 Å². The molecule has 0 saturated carbocycles. The second-order valence-corrected chi connectivity index (χ2v) is 12.8. The number of para-hydroxylation sites is 1. The lowest BCUT2D eigenvalue weighted by atomic mass is 10.0. The minimum Gasteiger partial charge on any atom is -0.488 e. The minimum absolute atomic E-state index is 0.0595. The maximum atomic E-state index is 14.8. The van der Waals surface area contributed by atoms with E-state index >= 15 is 0 Å². The van der Waals surface area contributed by atoms with Gasteiger partial charge in [0.2, 0.25) is 5.91 Å². The van der Waals surface area contributed by atoms with Gasteiger partial charge in [-0.15, -0.1) is 11.3 Å². The third-order valence-electron chi connectivity index (χ3n) is 7.05. The summed E-state index contributed by atoms with van der Waals surface area (Å²) in [4.78, 5) is 47.4. The third-order valence-corrected chi connectivity index (χ3v) is 7.97. The van der Waals surface area contributed by atoms with Crippen molar-refractivity contribution in [2.75, 3.05) is 36.5 Å². The van der Waals surface area contributed by atoms with E-state index in [0.717, 1.165) is 10.9 Å². The predicted octanol–water partition coefficient (Wildman–Crippen LogP) is 6.39. The van der Waals surface area contributed by atoms with Crippen LogP contribution in [0.2, 0.25) is 0 Å². The number of aromatic nitrogens is 1. The number of fused-ring (bicyclic) bond motifs is 1. The normalized spacial score (nSPS) is 12.1. The average molecular weight is 676 g/mol. The van der Waals surface area contributed by atoms with Crippen LogP contribution >= 0.6 is 11.3 Å². The minimum atomic E-state index is -1.02. The number of carbonyl (C=O) groups excluding carboxylic acids is 3. The largest absolute Gasteiger partial charge is 0.488 e. The molecule has 2 aromatic heterocycles. The summed E-state index contributed by atoms with van der Waals surface area (Å²) in [5, 5.41) is 10.9. The van der Waals surface area contributed by atoms with Gasteiger partial charge >= 0.3 is 6.03 Å². The second-order valence-electron chi connectivity index (χ2n) is 11.9. The average Bonchev–Trinajstić information content (AvgIpc) is 3.51. The molecule has 0 aliphatic rings. The number of ether oxygens (including phenoxy) is 3. The maximum Gasteiger partial charge on any atom is 0.319 e. The number of hydrogen-bond donors (Lipinski definition) is 3. The fourth-order valence-electron chi connectivity index (χ4n) is 5.09. The van der Waals surface area contributed by atoms with Crippen LogP contribution in [0.3, 0.4) is 0 Å². The van der Waals surface area contributed by atoms with Crippen LogP contribution in [0.1, 0.15) is 56.8 Å². The van der Waals surface area contributed by atoms with E-state index < -0.39 is 24.3 Å². The fourth-order valence-corrected chi connectivity index (χ4v) is 5.84. The Morgan fingerprint density at radius 3 is 2.31 bits per heavy atom. The van der Waals surface area contributed by atoms with Gasteiger partial charge < -0.3 is 35.1 Å². The van der Waals surface area contributed by atoms with Crippen LogP contribution in [0, 0.1) is 0 Å². The van der Waals surface area contributed by atoms with E-state index in [0.29, 0.717) is 42.4 Å². The second kappa shape index (κ2) is 17.0. The highest BCUT2D eigenvalue weighted by Crippen LogP contribution is 2.28. The molecule has 0 fully saturated rings. The Labute approximate surface area is 286 Å². The number of hydrogen-bond acceptors (Lipinski definition) is 8. The Morgan fingerprint density at radius 1 is 0.938 bits per heavy atom. The molecule has 4 amide bonds. The van der Waals surface area contributed by atoms with E-state index in [-0.39, 0.29) is 29.4 Å². The number of pyridine rings is 1. The molecular weight excluding hydrogens is 630 g/mol. The van der Waals surface area contributed by atoms with Crippen molar-refractivity contribution in [2.45, 2.75) is 65.9 Å². The van der Waals surface area contributed by atoms with E-state index in [1.807, 2.05) is 89.2 Å². The van der Waals surface area contributed by atoms with Crippen LogP contribution in [-0.2, 0) is 20.7 Å². The van der Waals surface area contributed by atoms with E-state index in [1.54, 1.807) is 29.5 Å². The van der Waals surface area contributed by atoms with Crippen molar-refractivity contribution in [2.24, 2.45) is 0 Å². The van der Waals surface area contributed by atoms with Crippen molar-refractivity contribution in [3.05, 3.63) is 82.7 Å². The third kappa shape index (κ3) is 9.99. The van der Waals surface area contributed by atoms with Gasteiger partial charge in [-0.05, 0) is 82.8 Å². The molecule has 0 unspecified atom stereocenters. The van der Waals surface area contributed by atoms with Gasteiger partial charge in [0.15, 0.2) is 6.29 Å². The van der Waals surface area contributed by atoms with Crippen molar-refractivity contribution < 1.29 is 28.6 Å². The van der Waals surface area contributed by atoms with Crippen molar-refractivity contribution in [3.63, 3.8) is 0 Å². The van der Waals surface area contributed by atoms with Crippen LogP contribution in [0.5, 0.6) is 5.75 Å². The smallest absolute Gasteiger partial charge is 0.319 e. The van der Waals surface area contributed by atoms with Crippen LogP contribution in [0.4, 0.5) is 16.2 Å². The number of rotatable bonds is 15. The number of benzene rings is 2. The number of nitrogens with one attached hydrogen (secondary N) is 3. The van der Waals surface area contributed by atoms with Gasteiger partial charge in [-0.2, -0.15) is 0 Å². The van der Waals surface area contributed by atoms with Gasteiger partial charge in [-0.3, -0.25) is 14.6 Å². The standard InChI is InChI=1S/C36H45N5O6S/c1-7-37-35(44)40-27-19-21-48-32(27)33(42)39-28(22-24-15-17-26(18-16-24)47-36(4,5)6)34(43)41(23-30(45-8-2)46-9-3)29-14-10-12-25-13-11-20-38-31(25)29/h10-21,28,30H,7-9,22-23H2,1-6H3,(H,39,42)(H2,37,40,44)/t28-/m0/s1. The van der Waals surface area contributed by atoms with Crippen molar-refractivity contribution in [1.29, 1.82) is 0 Å². The zero-order chi connectivity index (χ0) is 34.7. The zero-order valence-corrected chi connectivity index (χ0v) is 29.2. The van der Waals surface area contributed by atoms with Crippen molar-refractivity contribution >= 4 is 51.5 Å². The van der Waals surface area contributed by atoms with E-state index in [4.69, 9.17) is 14.2 Å². The first kappa shape index (κ1) is 36.3. The topological polar surface area (TPSA) is 131 Å². The Bertz CT molecular complexity index is 1660. The van der Waals surface area contributed by atoms with Gasteiger partial charge in [-0.25, -0.2) is 4.79 Å². The summed E-state index contributed by atoms with van der Waals surface area (Å²) in [5.74, 6) is -0.182. The summed E-state index contributed by atoms with van der Waals surface area (Å²) in [5.41, 5.74) is 1.97. The Balaban J connectivity index is 1.74. The molecule has 0 spiro atoms. The Kier molecular flexibility index (Phi) is 12.9. The lowest BCUT2D eigenvalue weighted by Gasteiger charge is -2.31. The highest BCUT2D eigenvalue weighted by Gasteiger charge is 2.32. The molecule has 12 heteroatoms. The molecule has 2 aromatic carbocycles. The molecule has 3 N–H and O–H groups in total. The molecule has 48 heavy (non-hydrogen) atoms. The number of carbonyl (C=O) groups is 3. The lowest BCUT2D eigenvalue weighted by Crippen LogP contribution is -2.52. The van der Waals surface area contributed by atoms with Crippen LogP contribution in [0.15, 0.2) is 72.2 Å². The maximum absolute atomic E-state index is 14.8. The summed E-state index contributed by atoms with van der Waals surface area (Å²) in [7, 11) is 0. The molecule has 0 aliphatic carbocycles. The number of urea groups is 1. The van der Waals surface area contributed by atoms with Crippen molar-refractivity contribution in [1.82, 2.24) is 15.6 Å². The highest BCUT2D eigenvalue weighted by atomic mass is 32.1. The summed E-state index contributed by atoms with van der Waals surface area (Å²) >= 11 is 1.17. The molecule has 4 rings (SSSR count). The number of amides is 4. The molecule has 0 saturated heterocycles. The fraction of sp³-hybridized carbons (Fsp3) is 0.389. The number of anilines is 2. The summed E-state index contributed by atoms with van der Waals surface area (Å²) in [6.45, 7) is 12.7. The first-order valence-corrected chi connectivity index (χ1v) is 17.0. The quantitative estimate of drug-likeness (QED) is 0.125. The van der Waals surface area contributed by atoms with Gasteiger partial charge in [0.25, 0.3) is 5.91 Å².